The second kappa shape index (κ2) is 9.17. The molecule has 0 unspecified atom stereocenters. The third-order valence-electron chi connectivity index (χ3n) is 4.68. The van der Waals surface area contributed by atoms with E-state index in [1.807, 2.05) is 35.2 Å². The van der Waals surface area contributed by atoms with Crippen LogP contribution in [0, 0.1) is 0 Å². The average molecular weight is 380 g/mol. The fourth-order valence-corrected chi connectivity index (χ4v) is 3.29. The lowest BCUT2D eigenvalue weighted by Gasteiger charge is -2.22. The minimum atomic E-state index is -0.424. The molecule has 1 heterocycles. The zero-order chi connectivity index (χ0) is 19.9. The molecule has 146 valence electrons. The van der Waals surface area contributed by atoms with Crippen LogP contribution < -0.4 is 4.74 Å². The number of amides is 2. The van der Waals surface area contributed by atoms with E-state index < -0.39 is 5.97 Å². The lowest BCUT2D eigenvalue weighted by Crippen LogP contribution is -2.38. The van der Waals surface area contributed by atoms with Crippen molar-refractivity contribution in [3.63, 3.8) is 0 Å². The number of carbonyl (C=O) groups is 3. The van der Waals surface area contributed by atoms with E-state index in [-0.39, 0.29) is 11.8 Å². The van der Waals surface area contributed by atoms with Gasteiger partial charge in [0.25, 0.3) is 5.91 Å². The summed E-state index contributed by atoms with van der Waals surface area (Å²) < 4.78 is 5.06. The van der Waals surface area contributed by atoms with Gasteiger partial charge < -0.3 is 14.5 Å². The molecule has 6 heteroatoms. The molecule has 0 saturated carbocycles. The van der Waals surface area contributed by atoms with Gasteiger partial charge in [-0.15, -0.1) is 0 Å². The summed E-state index contributed by atoms with van der Waals surface area (Å²) in [6.45, 7) is 3.55. The van der Waals surface area contributed by atoms with Crippen LogP contribution >= 0.6 is 0 Å². The highest BCUT2D eigenvalue weighted by Crippen LogP contribution is 2.17. The molecule has 28 heavy (non-hydrogen) atoms. The minimum Gasteiger partial charge on any atom is -0.427 e. The maximum atomic E-state index is 12.8. The highest BCUT2D eigenvalue weighted by molar-refractivity contribution is 5.94. The first-order valence-electron chi connectivity index (χ1n) is 9.42. The lowest BCUT2D eigenvalue weighted by molar-refractivity contribution is -0.132. The van der Waals surface area contributed by atoms with Gasteiger partial charge in [0.2, 0.25) is 5.91 Å². The first kappa shape index (κ1) is 19.6. The van der Waals surface area contributed by atoms with Gasteiger partial charge in [0.15, 0.2) is 0 Å². The van der Waals surface area contributed by atoms with Gasteiger partial charge >= 0.3 is 5.97 Å². The Morgan fingerprint density at radius 1 is 0.893 bits per heavy atom. The lowest BCUT2D eigenvalue weighted by atomic mass is 10.1. The molecule has 0 bridgehead atoms. The van der Waals surface area contributed by atoms with Crippen LogP contribution in [0.15, 0.2) is 54.6 Å². The first-order chi connectivity index (χ1) is 13.5. The molecule has 0 N–H and O–H groups in total. The third-order valence-corrected chi connectivity index (χ3v) is 4.68. The van der Waals surface area contributed by atoms with Crippen molar-refractivity contribution in [3.05, 3.63) is 65.7 Å². The number of rotatable bonds is 4. The molecule has 1 saturated heterocycles. The molecule has 2 amide bonds. The predicted octanol–water partition coefficient (Wildman–Crippen LogP) is 2.53. The Labute approximate surface area is 164 Å². The van der Waals surface area contributed by atoms with E-state index >= 15 is 0 Å². The Hall–Kier alpha value is -3.15. The van der Waals surface area contributed by atoms with Crippen molar-refractivity contribution in [2.75, 3.05) is 26.2 Å². The number of benzene rings is 2. The first-order valence-corrected chi connectivity index (χ1v) is 9.42. The van der Waals surface area contributed by atoms with Gasteiger partial charge in [0.05, 0.1) is 6.42 Å². The van der Waals surface area contributed by atoms with E-state index in [0.29, 0.717) is 43.9 Å². The Morgan fingerprint density at radius 3 is 2.36 bits per heavy atom. The van der Waals surface area contributed by atoms with Gasteiger partial charge in [0, 0.05) is 38.7 Å². The zero-order valence-corrected chi connectivity index (χ0v) is 16.0. The van der Waals surface area contributed by atoms with Crippen LogP contribution in [0.5, 0.6) is 5.75 Å². The van der Waals surface area contributed by atoms with E-state index in [1.54, 1.807) is 29.2 Å². The summed E-state index contributed by atoms with van der Waals surface area (Å²) in [6, 6.07) is 16.3. The molecule has 0 aliphatic carbocycles. The highest BCUT2D eigenvalue weighted by atomic mass is 16.5. The van der Waals surface area contributed by atoms with E-state index in [2.05, 4.69) is 0 Å². The van der Waals surface area contributed by atoms with Gasteiger partial charge in [-0.25, -0.2) is 0 Å². The molecule has 0 aromatic heterocycles. The summed E-state index contributed by atoms with van der Waals surface area (Å²) in [5.74, 6) is -0.108. The molecule has 3 rings (SSSR count). The van der Waals surface area contributed by atoms with Crippen molar-refractivity contribution in [1.29, 1.82) is 0 Å². The SMILES string of the molecule is CC(=O)Oc1cccc(C(=O)N2CCCN(C(=O)Cc3ccccc3)CC2)c1. The fraction of sp³-hybridized carbons (Fsp3) is 0.318. The molecular formula is C22H24N2O4. The van der Waals surface area contributed by atoms with Crippen molar-refractivity contribution in [1.82, 2.24) is 9.80 Å². The number of hydrogen-bond acceptors (Lipinski definition) is 4. The molecule has 6 nitrogen and oxygen atoms in total. The standard InChI is InChI=1S/C22H24N2O4/c1-17(25)28-20-10-5-9-19(16-20)22(27)24-12-6-11-23(13-14-24)21(26)15-18-7-3-2-4-8-18/h2-5,7-10,16H,6,11-15H2,1H3. The van der Waals surface area contributed by atoms with Crippen LogP contribution in [0.3, 0.4) is 0 Å². The number of hydrogen-bond donors (Lipinski definition) is 0. The fourth-order valence-electron chi connectivity index (χ4n) is 3.29. The normalized spacial score (nSPS) is 14.3. The quantitative estimate of drug-likeness (QED) is 0.604. The molecule has 1 aliphatic rings. The second-order valence-electron chi connectivity index (χ2n) is 6.81. The number of esters is 1. The smallest absolute Gasteiger partial charge is 0.308 e. The maximum Gasteiger partial charge on any atom is 0.308 e. The number of carbonyl (C=O) groups excluding carboxylic acids is 3. The van der Waals surface area contributed by atoms with Crippen LogP contribution in [-0.4, -0.2) is 53.8 Å². The summed E-state index contributed by atoms with van der Waals surface area (Å²) in [6.07, 6.45) is 1.11. The summed E-state index contributed by atoms with van der Waals surface area (Å²) in [5.41, 5.74) is 1.47. The monoisotopic (exact) mass is 380 g/mol. The van der Waals surface area contributed by atoms with E-state index in [0.717, 1.165) is 12.0 Å². The maximum absolute atomic E-state index is 12.8. The Morgan fingerprint density at radius 2 is 1.61 bits per heavy atom. The summed E-state index contributed by atoms with van der Waals surface area (Å²) in [4.78, 5) is 40.1. The molecule has 2 aromatic rings. The molecule has 0 radical (unpaired) electrons. The highest BCUT2D eigenvalue weighted by Gasteiger charge is 2.23. The van der Waals surface area contributed by atoms with Crippen LogP contribution in [0.2, 0.25) is 0 Å². The van der Waals surface area contributed by atoms with Crippen LogP contribution in [0.1, 0.15) is 29.3 Å². The van der Waals surface area contributed by atoms with Crippen molar-refractivity contribution >= 4 is 17.8 Å². The third kappa shape index (κ3) is 5.19. The van der Waals surface area contributed by atoms with Crippen LogP contribution in [0.4, 0.5) is 0 Å². The Balaban J connectivity index is 1.61. The van der Waals surface area contributed by atoms with E-state index in [1.165, 1.54) is 6.92 Å². The van der Waals surface area contributed by atoms with Gasteiger partial charge in [0.1, 0.15) is 5.75 Å². The molecule has 1 aliphatic heterocycles. The molecule has 2 aromatic carbocycles. The molecule has 0 atom stereocenters. The topological polar surface area (TPSA) is 66.9 Å². The van der Waals surface area contributed by atoms with Gasteiger partial charge in [-0.3, -0.25) is 14.4 Å². The Kier molecular flexibility index (Phi) is 6.42. The van der Waals surface area contributed by atoms with Crippen molar-refractivity contribution in [2.24, 2.45) is 0 Å². The summed E-state index contributed by atoms with van der Waals surface area (Å²) in [7, 11) is 0. The van der Waals surface area contributed by atoms with Gasteiger partial charge in [-0.2, -0.15) is 0 Å². The van der Waals surface area contributed by atoms with E-state index in [4.69, 9.17) is 4.74 Å². The molecular weight excluding hydrogens is 356 g/mol. The zero-order valence-electron chi connectivity index (χ0n) is 16.0. The second-order valence-corrected chi connectivity index (χ2v) is 6.81. The van der Waals surface area contributed by atoms with Crippen LogP contribution in [0.25, 0.3) is 0 Å². The Bertz CT molecular complexity index is 851. The number of nitrogens with zero attached hydrogens (tertiary/aromatic N) is 2. The van der Waals surface area contributed by atoms with Crippen molar-refractivity contribution in [3.8, 4) is 5.75 Å². The predicted molar refractivity (Wildman–Crippen MR) is 105 cm³/mol. The summed E-state index contributed by atoms with van der Waals surface area (Å²) in [5, 5.41) is 0. The van der Waals surface area contributed by atoms with Crippen molar-refractivity contribution in [2.45, 2.75) is 19.8 Å². The van der Waals surface area contributed by atoms with E-state index in [9.17, 15) is 14.4 Å². The van der Waals surface area contributed by atoms with Gasteiger partial charge in [-0.05, 0) is 30.2 Å². The van der Waals surface area contributed by atoms with Crippen LogP contribution in [-0.2, 0) is 16.0 Å². The van der Waals surface area contributed by atoms with Gasteiger partial charge in [-0.1, -0.05) is 36.4 Å². The largest absolute Gasteiger partial charge is 0.427 e. The minimum absolute atomic E-state index is 0.0809. The van der Waals surface area contributed by atoms with Crippen molar-refractivity contribution < 1.29 is 19.1 Å². The molecule has 1 fully saturated rings. The average Bonchev–Trinajstić information content (AvgIpc) is 2.94. The summed E-state index contributed by atoms with van der Waals surface area (Å²) >= 11 is 0. The molecule has 0 spiro atoms. The number of ether oxygens (including phenoxy) is 1.